The van der Waals surface area contributed by atoms with E-state index in [9.17, 15) is 4.79 Å². The molecular weight excluding hydrogens is 218 g/mol. The highest BCUT2D eigenvalue weighted by atomic mass is 16.6. The number of ether oxygens (including phenoxy) is 2. The van der Waals surface area contributed by atoms with Gasteiger partial charge in [-0.2, -0.15) is 0 Å². The van der Waals surface area contributed by atoms with E-state index in [1.165, 1.54) is 0 Å². The standard InChI is InChI=1S/C13H25NO3/c1-9(2)12(10(3)4)14-13(15)17-11-5-7-16-8-6-11/h9-12H,5-8H2,1-4H3,(H,14,15). The summed E-state index contributed by atoms with van der Waals surface area (Å²) in [5, 5.41) is 2.96. The molecule has 1 amide bonds. The van der Waals surface area contributed by atoms with E-state index in [4.69, 9.17) is 9.47 Å². The summed E-state index contributed by atoms with van der Waals surface area (Å²) in [6.07, 6.45) is 1.34. The van der Waals surface area contributed by atoms with Gasteiger partial charge < -0.3 is 14.8 Å². The maximum Gasteiger partial charge on any atom is 0.407 e. The Morgan fingerprint density at radius 3 is 2.18 bits per heavy atom. The van der Waals surface area contributed by atoms with Crippen molar-refractivity contribution in [3.8, 4) is 0 Å². The van der Waals surface area contributed by atoms with E-state index in [1.807, 2.05) is 0 Å². The van der Waals surface area contributed by atoms with Crippen LogP contribution < -0.4 is 5.32 Å². The zero-order chi connectivity index (χ0) is 12.8. The van der Waals surface area contributed by atoms with E-state index in [-0.39, 0.29) is 18.2 Å². The molecule has 0 aromatic rings. The van der Waals surface area contributed by atoms with Gasteiger partial charge in [0.2, 0.25) is 0 Å². The van der Waals surface area contributed by atoms with Crippen LogP contribution in [0.2, 0.25) is 0 Å². The molecule has 1 heterocycles. The van der Waals surface area contributed by atoms with Crippen LogP contribution in [0.15, 0.2) is 0 Å². The highest BCUT2D eigenvalue weighted by Gasteiger charge is 2.23. The highest BCUT2D eigenvalue weighted by molar-refractivity contribution is 5.67. The molecule has 0 spiro atoms. The summed E-state index contributed by atoms with van der Waals surface area (Å²) in [6, 6.07) is 0.169. The second-order valence-corrected chi connectivity index (χ2v) is 5.38. The number of alkyl carbamates (subject to hydrolysis) is 1. The zero-order valence-electron chi connectivity index (χ0n) is 11.4. The van der Waals surface area contributed by atoms with Crippen molar-refractivity contribution in [2.24, 2.45) is 11.8 Å². The molecule has 0 bridgehead atoms. The molecule has 0 radical (unpaired) electrons. The molecule has 0 unspecified atom stereocenters. The lowest BCUT2D eigenvalue weighted by molar-refractivity contribution is -0.000244. The molecule has 0 aromatic heterocycles. The van der Waals surface area contributed by atoms with Crippen LogP contribution in [0.4, 0.5) is 4.79 Å². The van der Waals surface area contributed by atoms with Crippen LogP contribution in [0.5, 0.6) is 0 Å². The number of rotatable bonds is 4. The van der Waals surface area contributed by atoms with E-state index in [2.05, 4.69) is 33.0 Å². The first-order chi connectivity index (χ1) is 8.00. The molecule has 100 valence electrons. The van der Waals surface area contributed by atoms with Crippen LogP contribution >= 0.6 is 0 Å². The van der Waals surface area contributed by atoms with Gasteiger partial charge in [-0.05, 0) is 11.8 Å². The molecule has 1 rings (SSSR count). The molecule has 1 N–H and O–H groups in total. The van der Waals surface area contributed by atoms with Gasteiger partial charge in [-0.1, -0.05) is 27.7 Å². The second-order valence-electron chi connectivity index (χ2n) is 5.38. The van der Waals surface area contributed by atoms with Crippen LogP contribution in [0, 0.1) is 11.8 Å². The Labute approximate surface area is 104 Å². The van der Waals surface area contributed by atoms with Crippen LogP contribution in [0.25, 0.3) is 0 Å². The average Bonchev–Trinajstić information content (AvgIpc) is 2.26. The summed E-state index contributed by atoms with van der Waals surface area (Å²) in [6.45, 7) is 9.82. The molecule has 4 heteroatoms. The smallest absolute Gasteiger partial charge is 0.407 e. The van der Waals surface area contributed by atoms with Crippen molar-refractivity contribution < 1.29 is 14.3 Å². The summed E-state index contributed by atoms with van der Waals surface area (Å²) in [5.41, 5.74) is 0. The third-order valence-electron chi connectivity index (χ3n) is 3.16. The highest BCUT2D eigenvalue weighted by Crippen LogP contribution is 2.14. The molecule has 0 saturated carbocycles. The molecular formula is C13H25NO3. The van der Waals surface area contributed by atoms with Gasteiger partial charge in [0.25, 0.3) is 0 Å². The Kier molecular flexibility index (Phi) is 5.75. The molecule has 17 heavy (non-hydrogen) atoms. The van der Waals surface area contributed by atoms with Crippen molar-refractivity contribution in [2.45, 2.75) is 52.7 Å². The van der Waals surface area contributed by atoms with Crippen molar-refractivity contribution in [3.63, 3.8) is 0 Å². The fraction of sp³-hybridized carbons (Fsp3) is 0.923. The van der Waals surface area contributed by atoms with Gasteiger partial charge in [0, 0.05) is 18.9 Å². The largest absolute Gasteiger partial charge is 0.446 e. The first-order valence-corrected chi connectivity index (χ1v) is 6.55. The quantitative estimate of drug-likeness (QED) is 0.825. The maximum absolute atomic E-state index is 11.8. The van der Waals surface area contributed by atoms with Crippen molar-refractivity contribution in [3.05, 3.63) is 0 Å². The Hall–Kier alpha value is -0.770. The zero-order valence-corrected chi connectivity index (χ0v) is 11.4. The summed E-state index contributed by atoms with van der Waals surface area (Å²) in [7, 11) is 0. The lowest BCUT2D eigenvalue weighted by atomic mass is 9.93. The fourth-order valence-electron chi connectivity index (χ4n) is 2.22. The second kappa shape index (κ2) is 6.84. The molecule has 0 aliphatic carbocycles. The van der Waals surface area contributed by atoms with Gasteiger partial charge in [0.1, 0.15) is 6.10 Å². The third-order valence-corrected chi connectivity index (χ3v) is 3.16. The Morgan fingerprint density at radius 1 is 1.18 bits per heavy atom. The summed E-state index contributed by atoms with van der Waals surface area (Å²) in [5.74, 6) is 0.828. The number of amides is 1. The topological polar surface area (TPSA) is 47.6 Å². The number of hydrogen-bond acceptors (Lipinski definition) is 3. The molecule has 1 aliphatic heterocycles. The molecule has 1 aliphatic rings. The SMILES string of the molecule is CC(C)C(NC(=O)OC1CCOCC1)C(C)C. The van der Waals surface area contributed by atoms with Gasteiger partial charge in [-0.15, -0.1) is 0 Å². The number of nitrogens with one attached hydrogen (secondary N) is 1. The van der Waals surface area contributed by atoms with E-state index in [0.717, 1.165) is 12.8 Å². The van der Waals surface area contributed by atoms with Crippen molar-refractivity contribution in [1.82, 2.24) is 5.32 Å². The maximum atomic E-state index is 11.8. The number of carbonyl (C=O) groups is 1. The van der Waals surface area contributed by atoms with Crippen LogP contribution in [0.3, 0.4) is 0 Å². The summed E-state index contributed by atoms with van der Waals surface area (Å²) in [4.78, 5) is 11.8. The predicted octanol–water partition coefficient (Wildman–Crippen LogP) is 2.57. The Bertz CT molecular complexity index is 227. The van der Waals surface area contributed by atoms with Gasteiger partial charge >= 0.3 is 6.09 Å². The minimum Gasteiger partial charge on any atom is -0.446 e. The Morgan fingerprint density at radius 2 is 1.71 bits per heavy atom. The third kappa shape index (κ3) is 4.94. The first kappa shape index (κ1) is 14.3. The Balaban J connectivity index is 2.36. The minimum atomic E-state index is -0.288. The van der Waals surface area contributed by atoms with E-state index >= 15 is 0 Å². The van der Waals surface area contributed by atoms with Gasteiger partial charge in [-0.3, -0.25) is 0 Å². The lowest BCUT2D eigenvalue weighted by Crippen LogP contribution is -2.44. The monoisotopic (exact) mass is 243 g/mol. The van der Waals surface area contributed by atoms with Crippen molar-refractivity contribution in [2.75, 3.05) is 13.2 Å². The first-order valence-electron chi connectivity index (χ1n) is 6.55. The number of hydrogen-bond donors (Lipinski definition) is 1. The number of carbonyl (C=O) groups excluding carboxylic acids is 1. The summed E-state index contributed by atoms with van der Waals surface area (Å²) >= 11 is 0. The van der Waals surface area contributed by atoms with Crippen LogP contribution in [0.1, 0.15) is 40.5 Å². The van der Waals surface area contributed by atoms with Crippen molar-refractivity contribution >= 4 is 6.09 Å². The summed E-state index contributed by atoms with van der Waals surface area (Å²) < 4.78 is 10.6. The average molecular weight is 243 g/mol. The van der Waals surface area contributed by atoms with E-state index in [0.29, 0.717) is 25.0 Å². The predicted molar refractivity (Wildman–Crippen MR) is 66.9 cm³/mol. The molecule has 0 aromatic carbocycles. The molecule has 4 nitrogen and oxygen atoms in total. The molecule has 0 atom stereocenters. The van der Waals surface area contributed by atoms with E-state index in [1.54, 1.807) is 0 Å². The lowest BCUT2D eigenvalue weighted by Gasteiger charge is -2.28. The van der Waals surface area contributed by atoms with Crippen LogP contribution in [-0.2, 0) is 9.47 Å². The van der Waals surface area contributed by atoms with E-state index < -0.39 is 0 Å². The normalized spacial score (nSPS) is 17.8. The minimum absolute atomic E-state index is 0.0173. The van der Waals surface area contributed by atoms with Crippen molar-refractivity contribution in [1.29, 1.82) is 0 Å². The van der Waals surface area contributed by atoms with Gasteiger partial charge in [0.05, 0.1) is 13.2 Å². The molecule has 1 fully saturated rings. The van der Waals surface area contributed by atoms with Gasteiger partial charge in [-0.25, -0.2) is 4.79 Å². The molecule has 1 saturated heterocycles. The van der Waals surface area contributed by atoms with Gasteiger partial charge in [0.15, 0.2) is 0 Å². The van der Waals surface area contributed by atoms with Crippen LogP contribution in [-0.4, -0.2) is 31.5 Å². The fourth-order valence-corrected chi connectivity index (χ4v) is 2.22.